The molecule has 0 radical (unpaired) electrons. The number of nitrogens with zero attached hydrogens (tertiary/aromatic N) is 5. The molecule has 0 spiro atoms. The van der Waals surface area contributed by atoms with Gasteiger partial charge in [-0.2, -0.15) is 5.26 Å². The summed E-state index contributed by atoms with van der Waals surface area (Å²) >= 11 is 7.84. The Labute approximate surface area is 419 Å². The van der Waals surface area contributed by atoms with Crippen molar-refractivity contribution < 1.29 is 33.8 Å². The summed E-state index contributed by atoms with van der Waals surface area (Å²) in [6.45, 7) is 17.0. The van der Waals surface area contributed by atoms with Crippen LogP contribution in [0.1, 0.15) is 86.2 Å². The number of hydrogen-bond donors (Lipinski definition) is 4. The molecule has 4 atom stereocenters. The van der Waals surface area contributed by atoms with Crippen molar-refractivity contribution in [3.63, 3.8) is 0 Å². The van der Waals surface area contributed by atoms with Crippen molar-refractivity contribution >= 4 is 46.6 Å². The number of halogens is 1. The van der Waals surface area contributed by atoms with Crippen molar-refractivity contribution in [2.45, 2.75) is 97.2 Å². The average Bonchev–Trinajstić information content (AvgIpc) is 3.94. The zero-order chi connectivity index (χ0) is 49.9. The number of rotatable bonds is 17. The first-order chi connectivity index (χ1) is 33.4. The first kappa shape index (κ1) is 51.0. The summed E-state index contributed by atoms with van der Waals surface area (Å²) in [5, 5.41) is 29.6. The fourth-order valence-electron chi connectivity index (χ4n) is 10.9. The lowest BCUT2D eigenvalue weighted by atomic mass is 9.49. The zero-order valence-corrected chi connectivity index (χ0v) is 42.4. The Morgan fingerprint density at radius 2 is 1.66 bits per heavy atom. The molecule has 70 heavy (non-hydrogen) atoms. The molecule has 1 aliphatic carbocycles. The van der Waals surface area contributed by atoms with Crippen LogP contribution >= 0.6 is 22.9 Å². The van der Waals surface area contributed by atoms with Crippen molar-refractivity contribution in [2.24, 2.45) is 16.7 Å². The lowest BCUT2D eigenvalue weighted by Crippen LogP contribution is -2.74. The van der Waals surface area contributed by atoms with E-state index in [9.17, 15) is 29.5 Å². The number of amides is 4. The molecule has 1 aromatic heterocycles. The van der Waals surface area contributed by atoms with Gasteiger partial charge in [-0.05, 0) is 74.2 Å². The molecule has 4 heterocycles. The minimum absolute atomic E-state index is 0.00844. The molecule has 4 aliphatic rings. The van der Waals surface area contributed by atoms with Crippen molar-refractivity contribution in [1.82, 2.24) is 35.6 Å². The third kappa shape index (κ3) is 11.2. The third-order valence-corrected chi connectivity index (χ3v) is 16.1. The molecule has 372 valence electrons. The summed E-state index contributed by atoms with van der Waals surface area (Å²) < 4.78 is 11.8. The van der Waals surface area contributed by atoms with Crippen molar-refractivity contribution in [1.29, 1.82) is 5.26 Å². The van der Waals surface area contributed by atoms with Crippen LogP contribution in [0.4, 0.5) is 0 Å². The lowest BCUT2D eigenvalue weighted by Gasteiger charge is -2.63. The van der Waals surface area contributed by atoms with Gasteiger partial charge in [0, 0.05) is 73.6 Å². The molecule has 15 nitrogen and oxygen atoms in total. The maximum Gasteiger partial charge on any atom is 0.251 e. The number of piperazine rings is 1. The van der Waals surface area contributed by atoms with Crippen LogP contribution in [0, 0.1) is 35.0 Å². The molecule has 1 unspecified atom stereocenters. The smallest absolute Gasteiger partial charge is 0.251 e. The summed E-state index contributed by atoms with van der Waals surface area (Å²) in [7, 11) is 0. The van der Waals surface area contributed by atoms with E-state index >= 15 is 0 Å². The lowest BCUT2D eigenvalue weighted by molar-refractivity contribution is -0.164. The first-order valence-corrected chi connectivity index (χ1v) is 25.6. The largest absolute Gasteiger partial charge is 0.489 e. The molecule has 4 amide bonds. The van der Waals surface area contributed by atoms with Gasteiger partial charge in [0.1, 0.15) is 30.0 Å². The van der Waals surface area contributed by atoms with E-state index < -0.39 is 18.2 Å². The van der Waals surface area contributed by atoms with Gasteiger partial charge >= 0.3 is 0 Å². The maximum absolute atomic E-state index is 14.2. The second kappa shape index (κ2) is 21.5. The fourth-order valence-corrected chi connectivity index (χ4v) is 12.0. The van der Waals surface area contributed by atoms with E-state index in [-0.39, 0.29) is 78.1 Å². The van der Waals surface area contributed by atoms with Crippen LogP contribution in [0.25, 0.3) is 10.4 Å². The van der Waals surface area contributed by atoms with Crippen LogP contribution in [0.15, 0.2) is 72.2 Å². The van der Waals surface area contributed by atoms with Gasteiger partial charge in [0.2, 0.25) is 17.7 Å². The number of β-amino-alcohol motifs (C(OH)–C–C–N with tert-alkyl or cyclic N) is 1. The van der Waals surface area contributed by atoms with Crippen LogP contribution in [0.5, 0.6) is 5.75 Å². The predicted molar refractivity (Wildman–Crippen MR) is 268 cm³/mol. The normalized spacial score (nSPS) is 23.0. The highest BCUT2D eigenvalue weighted by atomic mass is 35.5. The second-order valence-electron chi connectivity index (χ2n) is 20.6. The van der Waals surface area contributed by atoms with Gasteiger partial charge < -0.3 is 40.3 Å². The number of aromatic nitrogens is 1. The SMILES string of the molecule is Cc1ncsc1-c1ccc(C(C)NC(=O)[C@@H]2C[C@@H](O)CN2C(=O)[C@@H](NC(=O)CN2CCN(CCCc3ccc(C(=O)NC4C(C)(C)C(Oc5ccc(C#N)c(Cl)c5)C4(C)C)cc3)CC2)C2COC2)cc1. The van der Waals surface area contributed by atoms with Crippen LogP contribution in [-0.2, 0) is 25.5 Å². The van der Waals surface area contributed by atoms with E-state index in [2.05, 4.69) is 64.5 Å². The molecule has 4 N–H and O–H groups in total. The number of benzene rings is 3. The summed E-state index contributed by atoms with van der Waals surface area (Å²) in [4.78, 5) is 66.3. The molecule has 3 aromatic carbocycles. The van der Waals surface area contributed by atoms with E-state index in [0.717, 1.165) is 59.7 Å². The summed E-state index contributed by atoms with van der Waals surface area (Å²) in [6, 6.07) is 20.7. The number of thiazole rings is 1. The van der Waals surface area contributed by atoms with Crippen molar-refractivity contribution in [3.8, 4) is 22.3 Å². The van der Waals surface area contributed by atoms with E-state index in [1.807, 2.05) is 67.9 Å². The van der Waals surface area contributed by atoms with E-state index in [4.69, 9.17) is 21.1 Å². The molecule has 3 saturated heterocycles. The standard InChI is InChI=1S/C53H65ClN8O7S/c1-32(35-13-15-36(16-14-35)46-33(2)56-31-70-46)57-48(66)43-24-40(63)27-62(43)49(67)45(39-29-68-30-39)58-44(64)28-61-22-20-60(21-23-61)19-7-8-34-9-11-37(12-10-34)47(65)59-50-52(3,4)51(53(50,5)6)69-41-18-17-38(26-55)42(54)25-41/h9-18,25,31-32,39-40,43,45,50-51,63H,7-8,19-24,27-30H2,1-6H3,(H,57,66)(H,58,64)(H,59,65)/t32?,40-,43+,45+,50?,51?/m1/s1. The maximum atomic E-state index is 14.2. The molecule has 8 rings (SSSR count). The minimum atomic E-state index is -0.874. The number of carbonyl (C=O) groups is 4. The number of aliphatic hydroxyl groups excluding tert-OH is 1. The van der Waals surface area contributed by atoms with Gasteiger partial charge in [-0.3, -0.25) is 24.1 Å². The van der Waals surface area contributed by atoms with E-state index in [0.29, 0.717) is 48.2 Å². The molecular weight excluding hydrogens is 928 g/mol. The van der Waals surface area contributed by atoms with Gasteiger partial charge in [-0.15, -0.1) is 11.3 Å². The van der Waals surface area contributed by atoms with Crippen LogP contribution in [-0.4, -0.2) is 138 Å². The predicted octanol–water partition coefficient (Wildman–Crippen LogP) is 5.78. The summed E-state index contributed by atoms with van der Waals surface area (Å²) in [6.07, 6.45) is 0.868. The highest BCUT2D eigenvalue weighted by molar-refractivity contribution is 7.13. The van der Waals surface area contributed by atoms with Crippen LogP contribution in [0.2, 0.25) is 5.02 Å². The molecule has 1 saturated carbocycles. The van der Waals surface area contributed by atoms with Gasteiger partial charge in [-0.1, -0.05) is 75.7 Å². The van der Waals surface area contributed by atoms with Crippen LogP contribution in [0.3, 0.4) is 0 Å². The molecule has 4 fully saturated rings. The summed E-state index contributed by atoms with van der Waals surface area (Å²) in [5.74, 6) is -0.758. The third-order valence-electron chi connectivity index (χ3n) is 14.8. The highest BCUT2D eigenvalue weighted by Crippen LogP contribution is 2.55. The average molecular weight is 994 g/mol. The first-order valence-electron chi connectivity index (χ1n) is 24.3. The monoisotopic (exact) mass is 992 g/mol. The Bertz CT molecular complexity index is 2550. The number of nitriles is 1. The number of likely N-dealkylation sites (tertiary alicyclic amines) is 1. The Balaban J connectivity index is 0.759. The molecule has 3 aliphatic heterocycles. The zero-order valence-electron chi connectivity index (χ0n) is 40.9. The number of nitrogens with one attached hydrogen (secondary N) is 3. The Kier molecular flexibility index (Phi) is 15.7. The highest BCUT2D eigenvalue weighted by Gasteiger charge is 2.64. The van der Waals surface area contributed by atoms with Gasteiger partial charge in [0.15, 0.2) is 0 Å². The Hall–Kier alpha value is -5.41. The van der Waals surface area contributed by atoms with Gasteiger partial charge in [-0.25, -0.2) is 4.98 Å². The number of aliphatic hydroxyl groups is 1. The number of ether oxygens (including phenoxy) is 2. The fraction of sp³-hybridized carbons (Fsp3) is 0.509. The van der Waals surface area contributed by atoms with Gasteiger partial charge in [0.05, 0.1) is 58.6 Å². The van der Waals surface area contributed by atoms with Crippen molar-refractivity contribution in [2.75, 3.05) is 59.0 Å². The molecule has 4 aromatic rings. The van der Waals surface area contributed by atoms with E-state index in [1.54, 1.807) is 29.5 Å². The second-order valence-corrected chi connectivity index (χ2v) is 21.8. The number of aryl methyl sites for hydroxylation is 2. The van der Waals surface area contributed by atoms with Crippen molar-refractivity contribution in [3.05, 3.63) is 105 Å². The number of carbonyl (C=O) groups excluding carboxylic acids is 4. The quantitative estimate of drug-likeness (QED) is 0.101. The van der Waals surface area contributed by atoms with E-state index in [1.165, 1.54) is 4.90 Å². The Morgan fingerprint density at radius 1 is 0.971 bits per heavy atom. The summed E-state index contributed by atoms with van der Waals surface area (Å²) in [5.41, 5.74) is 6.17. The molecule has 17 heteroatoms. The Morgan fingerprint density at radius 3 is 2.27 bits per heavy atom. The van der Waals surface area contributed by atoms with Crippen LogP contribution < -0.4 is 20.7 Å². The molecule has 0 bridgehead atoms. The topological polar surface area (TPSA) is 189 Å². The minimum Gasteiger partial charge on any atom is -0.489 e. The molecular formula is C53H65ClN8O7S. The van der Waals surface area contributed by atoms with Gasteiger partial charge in [0.25, 0.3) is 5.91 Å². The number of hydrogen-bond acceptors (Lipinski definition) is 12.